The minimum Gasteiger partial charge on any atom is -0.427 e. The molecule has 98 valence electrons. The van der Waals surface area contributed by atoms with Crippen LogP contribution in [0.15, 0.2) is 24.3 Å². The normalized spacial score (nSPS) is 10.2. The Morgan fingerprint density at radius 2 is 2.05 bits per heavy atom. The van der Waals surface area contributed by atoms with E-state index in [4.69, 9.17) is 16.2 Å². The van der Waals surface area contributed by atoms with Gasteiger partial charge >= 0.3 is 5.97 Å². The van der Waals surface area contributed by atoms with Gasteiger partial charge in [0, 0.05) is 12.5 Å². The van der Waals surface area contributed by atoms with Crippen LogP contribution >= 0.6 is 0 Å². The Morgan fingerprint density at radius 1 is 1.32 bits per heavy atom. The zero-order chi connectivity index (χ0) is 14.0. The molecule has 0 fully saturated rings. The van der Waals surface area contributed by atoms with Gasteiger partial charge in [-0.05, 0) is 12.1 Å². The molecular weight excluding hydrogens is 251 g/mol. The number of benzene rings is 1. The molecule has 1 aromatic carbocycles. The molecule has 19 heavy (non-hydrogen) atoms. The lowest BCUT2D eigenvalue weighted by Crippen LogP contribution is -2.05. The Hall–Kier alpha value is -2.70. The second kappa shape index (κ2) is 4.89. The van der Waals surface area contributed by atoms with Gasteiger partial charge in [-0.1, -0.05) is 12.1 Å². The van der Waals surface area contributed by atoms with E-state index < -0.39 is 11.8 Å². The summed E-state index contributed by atoms with van der Waals surface area (Å²) in [4.78, 5) is 18.2. The van der Waals surface area contributed by atoms with Crippen molar-refractivity contribution in [2.75, 3.05) is 11.5 Å². The largest absolute Gasteiger partial charge is 0.427 e. The predicted octanol–water partition coefficient (Wildman–Crippen LogP) is 1.37. The van der Waals surface area contributed by atoms with Crippen molar-refractivity contribution < 1.29 is 13.9 Å². The molecule has 0 spiro atoms. The first-order chi connectivity index (χ1) is 8.97. The molecule has 6 nitrogen and oxygen atoms in total. The Balaban J connectivity index is 2.50. The zero-order valence-corrected chi connectivity index (χ0v) is 10.1. The number of carbonyl (C=O) groups is 1. The molecule has 0 bridgehead atoms. The van der Waals surface area contributed by atoms with Crippen LogP contribution in [0.2, 0.25) is 0 Å². The maximum absolute atomic E-state index is 13.8. The highest BCUT2D eigenvalue weighted by Gasteiger charge is 2.13. The molecule has 0 amide bonds. The second-order valence-electron chi connectivity index (χ2n) is 3.75. The van der Waals surface area contributed by atoms with E-state index in [1.54, 1.807) is 18.2 Å². The molecule has 2 aromatic rings. The molecule has 4 N–H and O–H groups in total. The molecule has 0 radical (unpaired) electrons. The van der Waals surface area contributed by atoms with E-state index in [9.17, 15) is 9.18 Å². The van der Waals surface area contributed by atoms with Crippen molar-refractivity contribution in [2.45, 2.75) is 6.92 Å². The summed E-state index contributed by atoms with van der Waals surface area (Å²) in [6.45, 7) is 1.27. The van der Waals surface area contributed by atoms with Gasteiger partial charge in [-0.25, -0.2) is 9.37 Å². The number of nitrogen functional groups attached to an aromatic ring is 2. The summed E-state index contributed by atoms with van der Waals surface area (Å²) in [6.07, 6.45) is 0. The molecule has 0 aliphatic carbocycles. The number of carbonyl (C=O) groups excluding carboxylic acids is 1. The standard InChI is InChI=1S/C12H11FN4O2/c1-6(18)19-8-4-2-3-7(5-8)10-9(13)11(14)17-12(15)16-10/h2-5H,1H3,(H4,14,15,16,17). The Bertz CT molecular complexity index is 646. The van der Waals surface area contributed by atoms with Crippen LogP contribution < -0.4 is 16.2 Å². The lowest BCUT2D eigenvalue weighted by Gasteiger charge is -2.07. The molecule has 0 atom stereocenters. The number of hydrogen-bond donors (Lipinski definition) is 2. The van der Waals surface area contributed by atoms with Crippen molar-refractivity contribution in [3.8, 4) is 17.0 Å². The van der Waals surface area contributed by atoms with E-state index in [1.807, 2.05) is 0 Å². The van der Waals surface area contributed by atoms with Gasteiger partial charge in [-0.3, -0.25) is 4.79 Å². The number of nitrogens with two attached hydrogens (primary N) is 2. The van der Waals surface area contributed by atoms with Gasteiger partial charge in [0.05, 0.1) is 0 Å². The summed E-state index contributed by atoms with van der Waals surface area (Å²) in [7, 11) is 0. The summed E-state index contributed by atoms with van der Waals surface area (Å²) in [5, 5.41) is 0. The summed E-state index contributed by atoms with van der Waals surface area (Å²) in [6, 6.07) is 6.22. The van der Waals surface area contributed by atoms with Crippen molar-refractivity contribution >= 4 is 17.7 Å². The highest BCUT2D eigenvalue weighted by molar-refractivity contribution is 5.71. The average Bonchev–Trinajstić information content (AvgIpc) is 2.33. The molecule has 7 heteroatoms. The molecule has 0 aliphatic heterocycles. The molecule has 0 unspecified atom stereocenters. The third-order valence-corrected chi connectivity index (χ3v) is 2.26. The van der Waals surface area contributed by atoms with Gasteiger partial charge in [0.25, 0.3) is 0 Å². The first-order valence-corrected chi connectivity index (χ1v) is 5.34. The van der Waals surface area contributed by atoms with Gasteiger partial charge in [0.15, 0.2) is 11.6 Å². The van der Waals surface area contributed by atoms with Gasteiger partial charge in [-0.15, -0.1) is 0 Å². The molecular formula is C12H11FN4O2. The first-order valence-electron chi connectivity index (χ1n) is 5.34. The van der Waals surface area contributed by atoms with Crippen molar-refractivity contribution in [1.29, 1.82) is 0 Å². The molecule has 2 rings (SSSR count). The SMILES string of the molecule is CC(=O)Oc1cccc(-c2nc(N)nc(N)c2F)c1. The maximum Gasteiger partial charge on any atom is 0.308 e. The fourth-order valence-electron chi connectivity index (χ4n) is 1.55. The third kappa shape index (κ3) is 2.76. The third-order valence-electron chi connectivity index (χ3n) is 2.26. The van der Waals surface area contributed by atoms with E-state index in [0.29, 0.717) is 5.56 Å². The van der Waals surface area contributed by atoms with Crippen LogP contribution in [0.1, 0.15) is 6.92 Å². The smallest absolute Gasteiger partial charge is 0.308 e. The van der Waals surface area contributed by atoms with E-state index in [0.717, 1.165) is 0 Å². The van der Waals surface area contributed by atoms with Gasteiger partial charge in [0.1, 0.15) is 11.4 Å². The summed E-state index contributed by atoms with van der Waals surface area (Å²) < 4.78 is 18.8. The number of anilines is 2. The van der Waals surface area contributed by atoms with E-state index >= 15 is 0 Å². The molecule has 1 heterocycles. The van der Waals surface area contributed by atoms with Crippen molar-refractivity contribution in [2.24, 2.45) is 0 Å². The fourth-order valence-corrected chi connectivity index (χ4v) is 1.55. The topological polar surface area (TPSA) is 104 Å². The van der Waals surface area contributed by atoms with Crippen LogP contribution in [0.5, 0.6) is 5.75 Å². The fraction of sp³-hybridized carbons (Fsp3) is 0.0833. The quantitative estimate of drug-likeness (QED) is 0.625. The molecule has 1 aromatic heterocycles. The van der Waals surface area contributed by atoms with Crippen LogP contribution in [0.4, 0.5) is 16.2 Å². The highest BCUT2D eigenvalue weighted by Crippen LogP contribution is 2.27. The number of ether oxygens (including phenoxy) is 1. The van der Waals surface area contributed by atoms with Crippen molar-refractivity contribution in [1.82, 2.24) is 9.97 Å². The second-order valence-corrected chi connectivity index (χ2v) is 3.75. The van der Waals surface area contributed by atoms with Crippen LogP contribution in [0.3, 0.4) is 0 Å². The lowest BCUT2D eigenvalue weighted by molar-refractivity contribution is -0.131. The number of aromatic nitrogens is 2. The average molecular weight is 262 g/mol. The Labute approximate surface area is 108 Å². The zero-order valence-electron chi connectivity index (χ0n) is 10.1. The summed E-state index contributed by atoms with van der Waals surface area (Å²) in [5.74, 6) is -1.43. The minimum atomic E-state index is -0.769. The van der Waals surface area contributed by atoms with Gasteiger partial charge in [0.2, 0.25) is 5.95 Å². The minimum absolute atomic E-state index is 0.0426. The molecule has 0 saturated heterocycles. The van der Waals surface area contributed by atoms with Crippen LogP contribution in [-0.2, 0) is 4.79 Å². The van der Waals surface area contributed by atoms with Crippen LogP contribution in [0.25, 0.3) is 11.3 Å². The maximum atomic E-state index is 13.8. The Kier molecular flexibility index (Phi) is 3.28. The van der Waals surface area contributed by atoms with Crippen LogP contribution in [-0.4, -0.2) is 15.9 Å². The molecule has 0 saturated carbocycles. The number of halogens is 1. The van der Waals surface area contributed by atoms with E-state index in [2.05, 4.69) is 9.97 Å². The van der Waals surface area contributed by atoms with Gasteiger partial charge < -0.3 is 16.2 Å². The predicted molar refractivity (Wildman–Crippen MR) is 67.6 cm³/mol. The lowest BCUT2D eigenvalue weighted by atomic mass is 10.1. The first kappa shape index (κ1) is 12.7. The van der Waals surface area contributed by atoms with Crippen LogP contribution in [0, 0.1) is 5.82 Å². The van der Waals surface area contributed by atoms with Crippen molar-refractivity contribution in [3.63, 3.8) is 0 Å². The monoisotopic (exact) mass is 262 g/mol. The number of esters is 1. The van der Waals surface area contributed by atoms with E-state index in [-0.39, 0.29) is 23.2 Å². The highest BCUT2D eigenvalue weighted by atomic mass is 19.1. The number of hydrogen-bond acceptors (Lipinski definition) is 6. The van der Waals surface area contributed by atoms with Crippen molar-refractivity contribution in [3.05, 3.63) is 30.1 Å². The Morgan fingerprint density at radius 3 is 2.74 bits per heavy atom. The van der Waals surface area contributed by atoms with Gasteiger partial charge in [-0.2, -0.15) is 4.98 Å². The summed E-state index contributed by atoms with van der Waals surface area (Å²) >= 11 is 0. The van der Waals surface area contributed by atoms with E-state index in [1.165, 1.54) is 13.0 Å². The molecule has 0 aliphatic rings. The number of nitrogens with zero attached hydrogens (tertiary/aromatic N) is 2. The summed E-state index contributed by atoms with van der Waals surface area (Å²) in [5.41, 5.74) is 11.2. The number of rotatable bonds is 2.